The molecule has 0 saturated heterocycles. The molecule has 3 nitrogen and oxygen atoms in total. The molecule has 80 valence electrons. The predicted molar refractivity (Wildman–Crippen MR) is 60.3 cm³/mol. The topological polar surface area (TPSA) is 35.5 Å². The molecule has 1 heterocycles. The van der Waals surface area contributed by atoms with E-state index in [1.54, 1.807) is 18.2 Å². The number of Topliss-reactive ketones (excluding diaryl/α,β-unsaturated/α-hetero) is 1. The largest absolute Gasteiger partial charge is 0.454 e. The maximum Gasteiger partial charge on any atom is 0.231 e. The lowest BCUT2D eigenvalue weighted by atomic mass is 10.1. The summed E-state index contributed by atoms with van der Waals surface area (Å²) in [6.07, 6.45) is 0. The highest BCUT2D eigenvalue weighted by atomic mass is 79.9. The standard InChI is InChI=1S/C10H8BrClO3/c11-7(4-12)10(13)6-1-2-8-9(3-6)15-5-14-8/h1-3,7H,4-5H2. The third-order valence-corrected chi connectivity index (χ3v) is 3.50. The quantitative estimate of drug-likeness (QED) is 0.634. The number of ether oxygens (including phenoxy) is 2. The first kappa shape index (κ1) is 10.8. The first-order valence-corrected chi connectivity index (χ1v) is 5.81. The zero-order chi connectivity index (χ0) is 10.8. The van der Waals surface area contributed by atoms with Crippen molar-refractivity contribution >= 4 is 33.3 Å². The highest BCUT2D eigenvalue weighted by Crippen LogP contribution is 2.33. The smallest absolute Gasteiger partial charge is 0.231 e. The molecule has 1 aromatic rings. The molecule has 1 aliphatic rings. The number of alkyl halides is 2. The first-order valence-electron chi connectivity index (χ1n) is 4.36. The molecule has 0 saturated carbocycles. The van der Waals surface area contributed by atoms with Crippen LogP contribution in [0.5, 0.6) is 11.5 Å². The number of carbonyl (C=O) groups is 1. The molecule has 0 spiro atoms. The van der Waals surface area contributed by atoms with Crippen molar-refractivity contribution in [3.05, 3.63) is 23.8 Å². The second-order valence-electron chi connectivity index (χ2n) is 3.05. The van der Waals surface area contributed by atoms with E-state index in [1.807, 2.05) is 0 Å². The van der Waals surface area contributed by atoms with Gasteiger partial charge in [-0.15, -0.1) is 11.6 Å². The zero-order valence-electron chi connectivity index (χ0n) is 7.70. The van der Waals surface area contributed by atoms with Crippen LogP contribution in [0, 0.1) is 0 Å². The number of rotatable bonds is 3. The summed E-state index contributed by atoms with van der Waals surface area (Å²) in [4.78, 5) is 11.4. The fourth-order valence-corrected chi connectivity index (χ4v) is 1.71. The molecule has 1 unspecified atom stereocenters. The van der Waals surface area contributed by atoms with Crippen LogP contribution in [-0.2, 0) is 0 Å². The summed E-state index contributed by atoms with van der Waals surface area (Å²) in [6, 6.07) is 5.10. The van der Waals surface area contributed by atoms with Gasteiger partial charge in [-0.05, 0) is 18.2 Å². The van der Waals surface area contributed by atoms with E-state index in [2.05, 4.69) is 15.9 Å². The van der Waals surface area contributed by atoms with Crippen molar-refractivity contribution in [2.45, 2.75) is 4.83 Å². The fourth-order valence-electron chi connectivity index (χ4n) is 1.30. The third kappa shape index (κ3) is 2.11. The summed E-state index contributed by atoms with van der Waals surface area (Å²) in [5.74, 6) is 1.47. The molecule has 0 radical (unpaired) electrons. The number of benzene rings is 1. The van der Waals surface area contributed by atoms with Crippen molar-refractivity contribution in [2.75, 3.05) is 12.7 Å². The zero-order valence-corrected chi connectivity index (χ0v) is 10.0. The van der Waals surface area contributed by atoms with Gasteiger partial charge in [0.15, 0.2) is 17.3 Å². The van der Waals surface area contributed by atoms with Crippen LogP contribution in [0.4, 0.5) is 0 Å². The Morgan fingerprint density at radius 3 is 2.93 bits per heavy atom. The molecule has 0 N–H and O–H groups in total. The Bertz CT molecular complexity index is 394. The molecule has 1 aromatic carbocycles. The average molecular weight is 292 g/mol. The Hall–Kier alpha value is -0.740. The maximum atomic E-state index is 11.7. The number of hydrogen-bond donors (Lipinski definition) is 0. The first-order chi connectivity index (χ1) is 7.22. The molecular weight excluding hydrogens is 283 g/mol. The number of halogens is 2. The van der Waals surface area contributed by atoms with Gasteiger partial charge in [-0.1, -0.05) is 15.9 Å². The molecule has 1 atom stereocenters. The Morgan fingerprint density at radius 2 is 2.20 bits per heavy atom. The van der Waals surface area contributed by atoms with Gasteiger partial charge in [0.05, 0.1) is 4.83 Å². The van der Waals surface area contributed by atoms with Gasteiger partial charge < -0.3 is 9.47 Å². The van der Waals surface area contributed by atoms with E-state index in [4.69, 9.17) is 21.1 Å². The summed E-state index contributed by atoms with van der Waals surface area (Å²) in [5, 5.41) is 0. The van der Waals surface area contributed by atoms with Crippen LogP contribution < -0.4 is 9.47 Å². The molecule has 0 aliphatic carbocycles. The van der Waals surface area contributed by atoms with Gasteiger partial charge in [-0.3, -0.25) is 4.79 Å². The van der Waals surface area contributed by atoms with E-state index < -0.39 is 0 Å². The minimum atomic E-state index is -0.362. The maximum absolute atomic E-state index is 11.7. The molecule has 0 amide bonds. The lowest BCUT2D eigenvalue weighted by molar-refractivity contribution is 0.0996. The lowest BCUT2D eigenvalue weighted by Crippen LogP contribution is -2.15. The van der Waals surface area contributed by atoms with Crippen LogP contribution in [0.25, 0.3) is 0 Å². The molecule has 0 bridgehead atoms. The molecule has 0 aromatic heterocycles. The van der Waals surface area contributed by atoms with E-state index in [0.29, 0.717) is 17.1 Å². The van der Waals surface area contributed by atoms with Crippen LogP contribution >= 0.6 is 27.5 Å². The van der Waals surface area contributed by atoms with E-state index in [9.17, 15) is 4.79 Å². The number of carbonyl (C=O) groups excluding carboxylic acids is 1. The van der Waals surface area contributed by atoms with Gasteiger partial charge in [-0.2, -0.15) is 0 Å². The molecular formula is C10H8BrClO3. The van der Waals surface area contributed by atoms with Gasteiger partial charge >= 0.3 is 0 Å². The van der Waals surface area contributed by atoms with Gasteiger partial charge in [0, 0.05) is 11.4 Å². The summed E-state index contributed by atoms with van der Waals surface area (Å²) >= 11 is 8.80. The van der Waals surface area contributed by atoms with Crippen molar-refractivity contribution in [3.8, 4) is 11.5 Å². The van der Waals surface area contributed by atoms with Gasteiger partial charge in [0.2, 0.25) is 6.79 Å². The Morgan fingerprint density at radius 1 is 1.47 bits per heavy atom. The van der Waals surface area contributed by atoms with Crippen molar-refractivity contribution in [2.24, 2.45) is 0 Å². The van der Waals surface area contributed by atoms with Gasteiger partial charge in [-0.25, -0.2) is 0 Å². The number of ketones is 1. The Kier molecular flexibility index (Phi) is 3.17. The Balaban J connectivity index is 2.26. The summed E-state index contributed by atoms with van der Waals surface area (Å²) in [7, 11) is 0. The summed E-state index contributed by atoms with van der Waals surface area (Å²) in [5.41, 5.74) is 0.571. The molecule has 15 heavy (non-hydrogen) atoms. The lowest BCUT2D eigenvalue weighted by Gasteiger charge is -2.05. The summed E-state index contributed by atoms with van der Waals surface area (Å²) < 4.78 is 10.3. The SMILES string of the molecule is O=C(c1ccc2c(c1)OCO2)C(Br)CCl. The van der Waals surface area contributed by atoms with E-state index in [1.165, 1.54) is 0 Å². The van der Waals surface area contributed by atoms with Crippen LogP contribution in [0.3, 0.4) is 0 Å². The van der Waals surface area contributed by atoms with Crippen LogP contribution in [0.2, 0.25) is 0 Å². The third-order valence-electron chi connectivity index (χ3n) is 2.08. The molecule has 2 rings (SSSR count). The second kappa shape index (κ2) is 4.41. The van der Waals surface area contributed by atoms with Gasteiger partial charge in [0.1, 0.15) is 0 Å². The predicted octanol–water partition coefficient (Wildman–Crippen LogP) is 2.60. The minimum absolute atomic E-state index is 0.0525. The van der Waals surface area contributed by atoms with Crippen molar-refractivity contribution < 1.29 is 14.3 Å². The Labute approximate surface area is 100 Å². The monoisotopic (exact) mass is 290 g/mol. The van der Waals surface area contributed by atoms with Gasteiger partial charge in [0.25, 0.3) is 0 Å². The van der Waals surface area contributed by atoms with Crippen molar-refractivity contribution in [1.82, 2.24) is 0 Å². The van der Waals surface area contributed by atoms with Crippen molar-refractivity contribution in [1.29, 1.82) is 0 Å². The van der Waals surface area contributed by atoms with Crippen molar-refractivity contribution in [3.63, 3.8) is 0 Å². The second-order valence-corrected chi connectivity index (χ2v) is 4.47. The fraction of sp³-hybridized carbons (Fsp3) is 0.300. The molecule has 0 fully saturated rings. The molecule has 1 aliphatic heterocycles. The highest BCUT2D eigenvalue weighted by Gasteiger charge is 2.20. The van der Waals surface area contributed by atoms with Crippen LogP contribution in [0.1, 0.15) is 10.4 Å². The summed E-state index contributed by atoms with van der Waals surface area (Å²) in [6.45, 7) is 0.209. The average Bonchev–Trinajstić information content (AvgIpc) is 2.73. The van der Waals surface area contributed by atoms with E-state index in [0.717, 1.165) is 0 Å². The normalized spacial score (nSPS) is 15.1. The van der Waals surface area contributed by atoms with Crippen LogP contribution in [-0.4, -0.2) is 23.3 Å². The van der Waals surface area contributed by atoms with Crippen LogP contribution in [0.15, 0.2) is 18.2 Å². The minimum Gasteiger partial charge on any atom is -0.454 e. The molecule has 5 heteroatoms. The number of fused-ring (bicyclic) bond motifs is 1. The van der Waals surface area contributed by atoms with E-state index in [-0.39, 0.29) is 23.3 Å². The number of hydrogen-bond acceptors (Lipinski definition) is 3. The highest BCUT2D eigenvalue weighted by molar-refractivity contribution is 9.10. The van der Waals surface area contributed by atoms with E-state index >= 15 is 0 Å².